The molecule has 2 aromatic carbocycles. The summed E-state index contributed by atoms with van der Waals surface area (Å²) in [5, 5.41) is 18.2. The maximum Gasteiger partial charge on any atom is 0.323 e. The van der Waals surface area contributed by atoms with E-state index in [-0.39, 0.29) is 36.1 Å². The van der Waals surface area contributed by atoms with Crippen molar-refractivity contribution in [2.24, 2.45) is 5.92 Å². The number of aliphatic hydroxyl groups excluding tert-OH is 1. The number of rotatable bonds is 7. The van der Waals surface area contributed by atoms with Crippen LogP contribution in [0.5, 0.6) is 5.75 Å². The van der Waals surface area contributed by atoms with Gasteiger partial charge in [-0.25, -0.2) is 9.59 Å². The van der Waals surface area contributed by atoms with Crippen LogP contribution in [0.25, 0.3) is 0 Å². The number of fused-ring (bicyclic) bond motifs is 1. The first-order valence-electron chi connectivity index (χ1n) is 12.5. The molecule has 0 aliphatic carbocycles. The van der Waals surface area contributed by atoms with E-state index >= 15 is 0 Å². The fourth-order valence-electron chi connectivity index (χ4n) is 4.04. The third kappa shape index (κ3) is 7.36. The number of nitrogens with zero attached hydrogens (tertiary/aromatic N) is 2. The molecule has 1 heterocycles. The molecular formula is C27H37N5O5. The van der Waals surface area contributed by atoms with Crippen LogP contribution in [0, 0.1) is 5.92 Å². The van der Waals surface area contributed by atoms with Crippen LogP contribution in [-0.4, -0.2) is 77.8 Å². The zero-order valence-corrected chi connectivity index (χ0v) is 22.0. The van der Waals surface area contributed by atoms with E-state index in [1.165, 1.54) is 0 Å². The maximum atomic E-state index is 13.6. The minimum Gasteiger partial charge on any atom is -0.487 e. The SMILES string of the molecule is CC(C)NC(=O)N(C)C[C@H]1Oc2ccc(NC(=O)Nc3ccccc3)cc2C(=O)N([C@H](C)CO)C[C@@H]1C. The van der Waals surface area contributed by atoms with Gasteiger partial charge < -0.3 is 35.6 Å². The Morgan fingerprint density at radius 1 is 1.11 bits per heavy atom. The molecule has 10 nitrogen and oxygen atoms in total. The molecule has 0 radical (unpaired) electrons. The van der Waals surface area contributed by atoms with Crippen molar-refractivity contribution in [2.45, 2.75) is 45.9 Å². The molecule has 0 unspecified atom stereocenters. The number of hydrogen-bond acceptors (Lipinski definition) is 5. The Morgan fingerprint density at radius 3 is 2.43 bits per heavy atom. The molecule has 0 fully saturated rings. The summed E-state index contributed by atoms with van der Waals surface area (Å²) in [6.45, 7) is 7.94. The monoisotopic (exact) mass is 511 g/mol. The van der Waals surface area contributed by atoms with Crippen molar-refractivity contribution in [3.05, 3.63) is 54.1 Å². The fourth-order valence-corrected chi connectivity index (χ4v) is 4.04. The van der Waals surface area contributed by atoms with E-state index in [0.717, 1.165) is 0 Å². The number of hydrogen-bond donors (Lipinski definition) is 4. The predicted octanol–water partition coefficient (Wildman–Crippen LogP) is 3.60. The minimum atomic E-state index is -0.449. The zero-order chi connectivity index (χ0) is 27.1. The molecule has 4 N–H and O–H groups in total. The Labute approximate surface area is 218 Å². The van der Waals surface area contributed by atoms with Crippen molar-refractivity contribution < 1.29 is 24.2 Å². The molecule has 0 aromatic heterocycles. The molecule has 0 spiro atoms. The van der Waals surface area contributed by atoms with Gasteiger partial charge in [-0.1, -0.05) is 25.1 Å². The van der Waals surface area contributed by atoms with Gasteiger partial charge in [-0.05, 0) is 51.1 Å². The van der Waals surface area contributed by atoms with E-state index in [0.29, 0.717) is 30.2 Å². The van der Waals surface area contributed by atoms with Crippen LogP contribution in [0.15, 0.2) is 48.5 Å². The van der Waals surface area contributed by atoms with Crippen LogP contribution in [0.3, 0.4) is 0 Å². The molecule has 2 aromatic rings. The summed E-state index contributed by atoms with van der Waals surface area (Å²) in [6.07, 6.45) is -0.414. The third-order valence-corrected chi connectivity index (χ3v) is 6.17. The molecule has 1 aliphatic heterocycles. The van der Waals surface area contributed by atoms with E-state index in [9.17, 15) is 19.5 Å². The van der Waals surface area contributed by atoms with Gasteiger partial charge in [0.25, 0.3) is 5.91 Å². The van der Waals surface area contributed by atoms with Crippen molar-refractivity contribution in [3.8, 4) is 5.75 Å². The lowest BCUT2D eigenvalue weighted by Crippen LogP contribution is -2.51. The highest BCUT2D eigenvalue weighted by Crippen LogP contribution is 2.30. The summed E-state index contributed by atoms with van der Waals surface area (Å²) in [5.41, 5.74) is 1.32. The first kappa shape index (κ1) is 27.8. The second-order valence-electron chi connectivity index (χ2n) is 9.76. The fraction of sp³-hybridized carbons (Fsp3) is 0.444. The van der Waals surface area contributed by atoms with Crippen LogP contribution in [-0.2, 0) is 0 Å². The summed E-state index contributed by atoms with van der Waals surface area (Å²) >= 11 is 0. The summed E-state index contributed by atoms with van der Waals surface area (Å²) < 4.78 is 6.30. The molecular weight excluding hydrogens is 474 g/mol. The summed E-state index contributed by atoms with van der Waals surface area (Å²) in [5.74, 6) is -0.0851. The Kier molecular flexibility index (Phi) is 9.35. The van der Waals surface area contributed by atoms with Crippen molar-refractivity contribution in [1.29, 1.82) is 0 Å². The van der Waals surface area contributed by atoms with E-state index < -0.39 is 18.2 Å². The molecule has 0 saturated heterocycles. The zero-order valence-electron chi connectivity index (χ0n) is 22.0. The summed E-state index contributed by atoms with van der Waals surface area (Å²) in [7, 11) is 1.70. The van der Waals surface area contributed by atoms with Gasteiger partial charge in [0.1, 0.15) is 11.9 Å². The van der Waals surface area contributed by atoms with Crippen LogP contribution in [0.1, 0.15) is 38.1 Å². The van der Waals surface area contributed by atoms with Gasteiger partial charge in [-0.15, -0.1) is 0 Å². The summed E-state index contributed by atoms with van der Waals surface area (Å²) in [6, 6.07) is 12.8. The molecule has 3 rings (SSSR count). The van der Waals surface area contributed by atoms with Crippen molar-refractivity contribution >= 4 is 29.3 Å². The third-order valence-electron chi connectivity index (χ3n) is 6.17. The number of aliphatic hydroxyl groups is 1. The van der Waals surface area contributed by atoms with Gasteiger partial charge in [0.15, 0.2) is 0 Å². The first-order valence-corrected chi connectivity index (χ1v) is 12.5. The lowest BCUT2D eigenvalue weighted by molar-refractivity contribution is 0.0366. The van der Waals surface area contributed by atoms with Crippen LogP contribution >= 0.6 is 0 Å². The molecule has 10 heteroatoms. The molecule has 5 amide bonds. The molecule has 0 saturated carbocycles. The largest absolute Gasteiger partial charge is 0.487 e. The Morgan fingerprint density at radius 2 is 1.78 bits per heavy atom. The lowest BCUT2D eigenvalue weighted by atomic mass is 9.99. The second kappa shape index (κ2) is 12.4. The number of benzene rings is 2. The molecule has 1 aliphatic rings. The normalized spacial score (nSPS) is 18.1. The Hall–Kier alpha value is -3.79. The van der Waals surface area contributed by atoms with Crippen molar-refractivity contribution in [2.75, 3.05) is 37.4 Å². The van der Waals surface area contributed by atoms with Gasteiger partial charge in [0, 0.05) is 36.9 Å². The van der Waals surface area contributed by atoms with Gasteiger partial charge in [0.05, 0.1) is 24.8 Å². The molecule has 0 bridgehead atoms. The van der Waals surface area contributed by atoms with E-state index in [4.69, 9.17) is 4.74 Å². The Balaban J connectivity index is 1.87. The highest BCUT2D eigenvalue weighted by molar-refractivity contribution is 6.02. The van der Waals surface area contributed by atoms with E-state index in [1.54, 1.807) is 54.1 Å². The molecule has 3 atom stereocenters. The number of likely N-dealkylation sites (N-methyl/N-ethyl adjacent to an activating group) is 1. The first-order chi connectivity index (χ1) is 17.6. The number of amides is 5. The van der Waals surface area contributed by atoms with Gasteiger partial charge in [0.2, 0.25) is 0 Å². The van der Waals surface area contributed by atoms with Crippen LogP contribution < -0.4 is 20.7 Å². The average Bonchev–Trinajstić information content (AvgIpc) is 2.86. The standard InChI is InChI=1S/C27H37N5O5/c1-17(2)28-27(36)31(5)15-24-18(3)14-32(19(4)16-33)25(34)22-13-21(11-12-23(22)37-24)30-26(35)29-20-9-7-6-8-10-20/h6-13,17-19,24,33H,14-16H2,1-5H3,(H,28,36)(H2,29,30,35)/t18-,19+,24+/m0/s1. The number of para-hydroxylation sites is 1. The van der Waals surface area contributed by atoms with Crippen LogP contribution in [0.2, 0.25) is 0 Å². The average molecular weight is 512 g/mol. The number of urea groups is 2. The molecule has 37 heavy (non-hydrogen) atoms. The minimum absolute atomic E-state index is 0.00474. The topological polar surface area (TPSA) is 123 Å². The maximum absolute atomic E-state index is 13.6. The quantitative estimate of drug-likeness (QED) is 0.452. The number of anilines is 2. The van der Waals surface area contributed by atoms with Crippen molar-refractivity contribution in [3.63, 3.8) is 0 Å². The van der Waals surface area contributed by atoms with E-state index in [1.807, 2.05) is 39.0 Å². The number of nitrogens with one attached hydrogen (secondary N) is 3. The van der Waals surface area contributed by atoms with Crippen molar-refractivity contribution in [1.82, 2.24) is 15.1 Å². The second-order valence-corrected chi connectivity index (χ2v) is 9.76. The van der Waals surface area contributed by atoms with Crippen LogP contribution in [0.4, 0.5) is 21.0 Å². The summed E-state index contributed by atoms with van der Waals surface area (Å²) in [4.78, 5) is 41.7. The smallest absolute Gasteiger partial charge is 0.323 e. The van der Waals surface area contributed by atoms with Gasteiger partial charge >= 0.3 is 12.1 Å². The number of carbonyl (C=O) groups is 3. The highest BCUT2D eigenvalue weighted by atomic mass is 16.5. The van der Waals surface area contributed by atoms with Gasteiger partial charge in [-0.2, -0.15) is 0 Å². The number of ether oxygens (including phenoxy) is 1. The molecule has 200 valence electrons. The predicted molar refractivity (Wildman–Crippen MR) is 143 cm³/mol. The highest BCUT2D eigenvalue weighted by Gasteiger charge is 2.34. The lowest BCUT2D eigenvalue weighted by Gasteiger charge is -2.38. The number of carbonyl (C=O) groups excluding carboxylic acids is 3. The Bertz CT molecular complexity index is 1090. The van der Waals surface area contributed by atoms with Gasteiger partial charge in [-0.3, -0.25) is 4.79 Å². The van der Waals surface area contributed by atoms with E-state index in [2.05, 4.69) is 16.0 Å².